The lowest BCUT2D eigenvalue weighted by Crippen LogP contribution is -2.14. The van der Waals surface area contributed by atoms with E-state index >= 15 is 0 Å². The van der Waals surface area contributed by atoms with Crippen LogP contribution >= 0.6 is 39.0 Å². The van der Waals surface area contributed by atoms with Crippen molar-refractivity contribution in [2.45, 2.75) is 11.3 Å². The molecule has 0 saturated heterocycles. The summed E-state index contributed by atoms with van der Waals surface area (Å²) in [6, 6.07) is 7.51. The third kappa shape index (κ3) is 3.79. The van der Waals surface area contributed by atoms with Crippen LogP contribution in [-0.4, -0.2) is 21.9 Å². The van der Waals surface area contributed by atoms with Crippen LogP contribution in [0, 0.1) is 6.92 Å². The van der Waals surface area contributed by atoms with Crippen molar-refractivity contribution in [1.29, 1.82) is 0 Å². The number of aryl methyl sites for hydroxylation is 1. The molecule has 2 aromatic rings. The third-order valence-corrected chi connectivity index (χ3v) is 4.65. The van der Waals surface area contributed by atoms with Gasteiger partial charge in [-0.1, -0.05) is 35.2 Å². The number of anilines is 1. The molecule has 94 valence electrons. The predicted molar refractivity (Wildman–Crippen MR) is 78.1 cm³/mol. The van der Waals surface area contributed by atoms with E-state index in [4.69, 9.17) is 0 Å². The van der Waals surface area contributed by atoms with E-state index in [1.807, 2.05) is 31.2 Å². The molecule has 0 aliphatic carbocycles. The summed E-state index contributed by atoms with van der Waals surface area (Å²) in [4.78, 5) is 11.7. The first kappa shape index (κ1) is 13.5. The zero-order valence-corrected chi connectivity index (χ0v) is 12.7. The van der Waals surface area contributed by atoms with Crippen LogP contribution in [0.1, 0.15) is 5.01 Å². The Labute approximate surface area is 121 Å². The minimum Gasteiger partial charge on any atom is -0.324 e. The van der Waals surface area contributed by atoms with Gasteiger partial charge in [-0.3, -0.25) is 4.79 Å². The molecule has 4 nitrogen and oxygen atoms in total. The van der Waals surface area contributed by atoms with Crippen LogP contribution in [-0.2, 0) is 4.79 Å². The molecule has 1 amide bonds. The van der Waals surface area contributed by atoms with Crippen molar-refractivity contribution in [3.05, 3.63) is 33.7 Å². The average molecular weight is 344 g/mol. The summed E-state index contributed by atoms with van der Waals surface area (Å²) in [5.41, 5.74) is 0.775. The van der Waals surface area contributed by atoms with E-state index in [9.17, 15) is 4.79 Å². The van der Waals surface area contributed by atoms with Gasteiger partial charge in [-0.15, -0.1) is 10.2 Å². The quantitative estimate of drug-likeness (QED) is 0.865. The number of carbonyl (C=O) groups is 1. The van der Waals surface area contributed by atoms with Crippen molar-refractivity contribution in [3.63, 3.8) is 0 Å². The van der Waals surface area contributed by atoms with Crippen molar-refractivity contribution >= 4 is 50.6 Å². The number of aromatic nitrogens is 2. The van der Waals surface area contributed by atoms with E-state index < -0.39 is 0 Å². The predicted octanol–water partition coefficient (Wildman–Crippen LogP) is 3.34. The third-order valence-electron chi connectivity index (χ3n) is 1.98. The van der Waals surface area contributed by atoms with Gasteiger partial charge in [0.15, 0.2) is 4.34 Å². The number of rotatable bonds is 4. The summed E-state index contributed by atoms with van der Waals surface area (Å²) in [7, 11) is 0. The number of benzene rings is 1. The van der Waals surface area contributed by atoms with E-state index in [0.29, 0.717) is 5.75 Å². The zero-order valence-electron chi connectivity index (χ0n) is 9.51. The first-order valence-electron chi connectivity index (χ1n) is 5.12. The Morgan fingerprint density at radius 3 is 2.89 bits per heavy atom. The number of halogens is 1. The fraction of sp³-hybridized carbons (Fsp3) is 0.182. The standard InChI is InChI=1S/C11H10BrN3OS2/c1-7-14-15-11(18-7)17-6-10(16)13-9-5-3-2-4-8(9)12/h2-5H,6H2,1H3,(H,13,16). The maximum Gasteiger partial charge on any atom is 0.234 e. The molecule has 0 fully saturated rings. The highest BCUT2D eigenvalue weighted by Crippen LogP contribution is 2.24. The highest BCUT2D eigenvalue weighted by atomic mass is 79.9. The molecule has 0 saturated carbocycles. The summed E-state index contributed by atoms with van der Waals surface area (Å²) in [5.74, 6) is 0.274. The fourth-order valence-corrected chi connectivity index (χ4v) is 3.21. The molecule has 0 aliphatic rings. The maximum absolute atomic E-state index is 11.7. The zero-order chi connectivity index (χ0) is 13.0. The van der Waals surface area contributed by atoms with Crippen LogP contribution in [0.5, 0.6) is 0 Å². The van der Waals surface area contributed by atoms with Gasteiger partial charge in [0.25, 0.3) is 0 Å². The number of hydrogen-bond acceptors (Lipinski definition) is 5. The summed E-state index contributed by atoms with van der Waals surface area (Å²) < 4.78 is 1.69. The van der Waals surface area contributed by atoms with Crippen LogP contribution < -0.4 is 5.32 Å². The second-order valence-corrected chi connectivity index (χ2v) is 6.66. The molecule has 0 unspecified atom stereocenters. The Hall–Kier alpha value is -0.920. The Morgan fingerprint density at radius 2 is 2.22 bits per heavy atom. The molecule has 0 atom stereocenters. The van der Waals surface area contributed by atoms with Gasteiger partial charge in [-0.05, 0) is 35.0 Å². The fourth-order valence-electron chi connectivity index (χ4n) is 1.21. The van der Waals surface area contributed by atoms with Crippen LogP contribution in [0.15, 0.2) is 33.1 Å². The second kappa shape index (κ2) is 6.31. The molecular weight excluding hydrogens is 334 g/mol. The monoisotopic (exact) mass is 343 g/mol. The van der Waals surface area contributed by atoms with Crippen molar-refractivity contribution in [1.82, 2.24) is 10.2 Å². The van der Waals surface area contributed by atoms with E-state index in [0.717, 1.165) is 19.5 Å². The Bertz CT molecular complexity index is 559. The Kier molecular flexibility index (Phi) is 4.73. The maximum atomic E-state index is 11.7. The number of thioether (sulfide) groups is 1. The average Bonchev–Trinajstić information content (AvgIpc) is 2.76. The van der Waals surface area contributed by atoms with Gasteiger partial charge in [-0.25, -0.2) is 0 Å². The number of carbonyl (C=O) groups excluding carboxylic acids is 1. The summed E-state index contributed by atoms with van der Waals surface area (Å²) >= 11 is 6.26. The van der Waals surface area contributed by atoms with Gasteiger partial charge in [0.1, 0.15) is 5.01 Å². The Morgan fingerprint density at radius 1 is 1.44 bits per heavy atom. The van der Waals surface area contributed by atoms with Gasteiger partial charge < -0.3 is 5.32 Å². The molecule has 0 spiro atoms. The Balaban J connectivity index is 1.88. The van der Waals surface area contributed by atoms with E-state index in [1.54, 1.807) is 0 Å². The van der Waals surface area contributed by atoms with Crippen LogP contribution in [0.3, 0.4) is 0 Å². The smallest absolute Gasteiger partial charge is 0.234 e. The molecule has 1 heterocycles. The van der Waals surface area contributed by atoms with Crippen LogP contribution in [0.2, 0.25) is 0 Å². The largest absolute Gasteiger partial charge is 0.324 e. The lowest BCUT2D eigenvalue weighted by atomic mass is 10.3. The van der Waals surface area contributed by atoms with Gasteiger partial charge in [0, 0.05) is 4.47 Å². The van der Waals surface area contributed by atoms with Gasteiger partial charge >= 0.3 is 0 Å². The molecule has 2 rings (SSSR count). The number of nitrogens with zero attached hydrogens (tertiary/aromatic N) is 2. The molecule has 0 radical (unpaired) electrons. The first-order valence-corrected chi connectivity index (χ1v) is 7.72. The second-order valence-electron chi connectivity index (χ2n) is 3.40. The van der Waals surface area contributed by atoms with Crippen molar-refractivity contribution in [3.8, 4) is 0 Å². The summed E-state index contributed by atoms with van der Waals surface area (Å²) in [6.45, 7) is 1.89. The lowest BCUT2D eigenvalue weighted by molar-refractivity contribution is -0.113. The normalized spacial score (nSPS) is 10.3. The summed E-state index contributed by atoms with van der Waals surface area (Å²) in [6.07, 6.45) is 0. The molecule has 7 heteroatoms. The highest BCUT2D eigenvalue weighted by Gasteiger charge is 2.08. The van der Waals surface area contributed by atoms with Crippen molar-refractivity contribution in [2.24, 2.45) is 0 Å². The number of amides is 1. The van der Waals surface area contributed by atoms with Crippen LogP contribution in [0.25, 0.3) is 0 Å². The molecule has 0 aliphatic heterocycles. The highest BCUT2D eigenvalue weighted by molar-refractivity contribution is 9.10. The lowest BCUT2D eigenvalue weighted by Gasteiger charge is -2.05. The van der Waals surface area contributed by atoms with Crippen molar-refractivity contribution in [2.75, 3.05) is 11.1 Å². The number of para-hydroxylation sites is 1. The molecule has 1 aromatic heterocycles. The molecule has 1 aromatic carbocycles. The molecule has 0 bridgehead atoms. The van der Waals surface area contributed by atoms with Gasteiger partial charge in [0.05, 0.1) is 11.4 Å². The molecule has 1 N–H and O–H groups in total. The number of hydrogen-bond donors (Lipinski definition) is 1. The minimum atomic E-state index is -0.0558. The SMILES string of the molecule is Cc1nnc(SCC(=O)Nc2ccccc2Br)s1. The molecule has 18 heavy (non-hydrogen) atoms. The number of nitrogens with one attached hydrogen (secondary N) is 1. The van der Waals surface area contributed by atoms with Crippen LogP contribution in [0.4, 0.5) is 5.69 Å². The van der Waals surface area contributed by atoms with E-state index in [-0.39, 0.29) is 5.91 Å². The molecular formula is C11H10BrN3OS2. The van der Waals surface area contributed by atoms with Crippen molar-refractivity contribution < 1.29 is 4.79 Å². The summed E-state index contributed by atoms with van der Waals surface area (Å²) in [5, 5.41) is 11.6. The van der Waals surface area contributed by atoms with E-state index in [1.165, 1.54) is 23.1 Å². The van der Waals surface area contributed by atoms with Gasteiger partial charge in [0.2, 0.25) is 5.91 Å². The van der Waals surface area contributed by atoms with E-state index in [2.05, 4.69) is 31.4 Å². The first-order chi connectivity index (χ1) is 8.65. The topological polar surface area (TPSA) is 54.9 Å². The van der Waals surface area contributed by atoms with Gasteiger partial charge in [-0.2, -0.15) is 0 Å². The minimum absolute atomic E-state index is 0.0558.